The number of ether oxygens (including phenoxy) is 1. The van der Waals surface area contributed by atoms with E-state index < -0.39 is 0 Å². The number of nitrogens with one attached hydrogen (secondary N) is 1. The number of carbonyl (C=O) groups is 1. The minimum atomic E-state index is -0.276. The summed E-state index contributed by atoms with van der Waals surface area (Å²) in [6, 6.07) is 12.8. The number of amides is 1. The van der Waals surface area contributed by atoms with Gasteiger partial charge in [-0.25, -0.2) is 4.99 Å². The second-order valence-electron chi connectivity index (χ2n) is 5.75. The molecule has 0 saturated carbocycles. The summed E-state index contributed by atoms with van der Waals surface area (Å²) < 4.78 is 5.14. The van der Waals surface area contributed by atoms with Crippen LogP contribution in [0.25, 0.3) is 0 Å². The van der Waals surface area contributed by atoms with Gasteiger partial charge in [0.1, 0.15) is 6.61 Å². The molecule has 1 amide bonds. The molecular formula is C18H17Cl2N3O2. The van der Waals surface area contributed by atoms with Gasteiger partial charge < -0.3 is 15.8 Å². The van der Waals surface area contributed by atoms with Crippen molar-refractivity contribution in [3.05, 3.63) is 63.6 Å². The van der Waals surface area contributed by atoms with E-state index in [1.54, 1.807) is 18.2 Å². The Labute approximate surface area is 155 Å². The van der Waals surface area contributed by atoms with Gasteiger partial charge >= 0.3 is 0 Å². The second kappa shape index (κ2) is 7.76. The number of aliphatic imine (C=N–C) groups is 1. The van der Waals surface area contributed by atoms with Crippen LogP contribution in [0.5, 0.6) is 0 Å². The van der Waals surface area contributed by atoms with E-state index >= 15 is 0 Å². The highest BCUT2D eigenvalue weighted by Crippen LogP contribution is 2.22. The zero-order valence-corrected chi connectivity index (χ0v) is 14.8. The van der Waals surface area contributed by atoms with Gasteiger partial charge in [-0.15, -0.1) is 0 Å². The zero-order chi connectivity index (χ0) is 17.8. The molecule has 0 fully saturated rings. The number of halogens is 2. The third kappa shape index (κ3) is 4.65. The maximum absolute atomic E-state index is 12.3. The lowest BCUT2D eigenvalue weighted by molar-refractivity contribution is 0.102. The molecule has 3 rings (SSSR count). The standard InChI is InChI=1S/C18H17Cl2N3O2/c19-12-4-8-15(16(20)9-12)17(24)22-13-5-1-11(2-6-13)3-7-14-10-25-18(21)23-14/h1-2,4-6,8-9,14H,3,7,10H2,(H2,21,23)(H,22,24)/t14-/m0/s1. The Kier molecular flexibility index (Phi) is 5.46. The summed E-state index contributed by atoms with van der Waals surface area (Å²) in [5.74, 6) is -0.276. The highest BCUT2D eigenvalue weighted by Gasteiger charge is 2.16. The Morgan fingerprint density at radius 2 is 2.00 bits per heavy atom. The zero-order valence-electron chi connectivity index (χ0n) is 13.3. The topological polar surface area (TPSA) is 76.7 Å². The molecule has 1 aliphatic heterocycles. The van der Waals surface area contributed by atoms with E-state index in [-0.39, 0.29) is 18.0 Å². The van der Waals surface area contributed by atoms with E-state index in [1.165, 1.54) is 0 Å². The number of hydrogen-bond donors (Lipinski definition) is 2. The van der Waals surface area contributed by atoms with E-state index in [2.05, 4.69) is 10.3 Å². The maximum atomic E-state index is 12.3. The van der Waals surface area contributed by atoms with Crippen LogP contribution in [0.1, 0.15) is 22.3 Å². The van der Waals surface area contributed by atoms with Crippen LogP contribution in [0, 0.1) is 0 Å². The molecule has 1 atom stereocenters. The van der Waals surface area contributed by atoms with E-state index in [0.29, 0.717) is 27.9 Å². The molecule has 0 unspecified atom stereocenters. The first kappa shape index (κ1) is 17.6. The third-order valence-corrected chi connectivity index (χ3v) is 4.44. The Balaban J connectivity index is 1.57. The third-order valence-electron chi connectivity index (χ3n) is 3.89. The first-order valence-corrected chi connectivity index (χ1v) is 8.58. The summed E-state index contributed by atoms with van der Waals surface area (Å²) >= 11 is 11.9. The second-order valence-corrected chi connectivity index (χ2v) is 6.59. The predicted octanol–water partition coefficient (Wildman–Crippen LogP) is 3.89. The van der Waals surface area contributed by atoms with Crippen molar-refractivity contribution in [1.82, 2.24) is 0 Å². The average Bonchev–Trinajstić information content (AvgIpc) is 2.99. The summed E-state index contributed by atoms with van der Waals surface area (Å²) in [4.78, 5) is 16.5. The van der Waals surface area contributed by atoms with Crippen LogP contribution in [-0.4, -0.2) is 24.6 Å². The van der Waals surface area contributed by atoms with E-state index in [9.17, 15) is 4.79 Å². The highest BCUT2D eigenvalue weighted by molar-refractivity contribution is 6.37. The number of nitrogens with zero attached hydrogens (tertiary/aromatic N) is 1. The predicted molar refractivity (Wildman–Crippen MR) is 101 cm³/mol. The molecule has 0 aromatic heterocycles. The monoisotopic (exact) mass is 377 g/mol. The Bertz CT molecular complexity index is 806. The first-order chi connectivity index (χ1) is 12.0. The molecule has 0 saturated heterocycles. The van der Waals surface area contributed by atoms with Crippen molar-refractivity contribution >= 4 is 40.8 Å². The number of rotatable bonds is 5. The van der Waals surface area contributed by atoms with Crippen LogP contribution in [0.2, 0.25) is 10.0 Å². The number of hydrogen-bond acceptors (Lipinski definition) is 4. The SMILES string of the molecule is NC1=N[C@@H](CCc2ccc(NC(=O)c3ccc(Cl)cc3Cl)cc2)CO1. The maximum Gasteiger partial charge on any atom is 0.282 e. The van der Waals surface area contributed by atoms with Gasteiger partial charge in [0.25, 0.3) is 11.9 Å². The summed E-state index contributed by atoms with van der Waals surface area (Å²) in [5, 5.41) is 3.63. The van der Waals surface area contributed by atoms with Crippen LogP contribution in [0.4, 0.5) is 5.69 Å². The smallest absolute Gasteiger partial charge is 0.282 e. The van der Waals surface area contributed by atoms with Crippen molar-refractivity contribution in [2.45, 2.75) is 18.9 Å². The van der Waals surface area contributed by atoms with Gasteiger partial charge in [-0.3, -0.25) is 4.79 Å². The van der Waals surface area contributed by atoms with Crippen molar-refractivity contribution in [3.8, 4) is 0 Å². The van der Waals surface area contributed by atoms with Gasteiger partial charge in [0.2, 0.25) is 0 Å². The summed E-state index contributed by atoms with van der Waals surface area (Å²) in [6.45, 7) is 0.543. The minimum Gasteiger partial charge on any atom is -0.463 e. The summed E-state index contributed by atoms with van der Waals surface area (Å²) in [7, 11) is 0. The molecule has 25 heavy (non-hydrogen) atoms. The Morgan fingerprint density at radius 1 is 1.24 bits per heavy atom. The van der Waals surface area contributed by atoms with Gasteiger partial charge in [-0.1, -0.05) is 35.3 Å². The number of nitrogens with two attached hydrogens (primary N) is 1. The largest absolute Gasteiger partial charge is 0.463 e. The molecule has 0 radical (unpaired) electrons. The summed E-state index contributed by atoms with van der Waals surface area (Å²) in [5.41, 5.74) is 7.74. The minimum absolute atomic E-state index is 0.117. The van der Waals surface area contributed by atoms with Gasteiger partial charge in [0.15, 0.2) is 0 Å². The molecule has 1 aliphatic rings. The van der Waals surface area contributed by atoms with Gasteiger partial charge in [-0.05, 0) is 48.7 Å². The molecule has 0 spiro atoms. The average molecular weight is 378 g/mol. The lowest BCUT2D eigenvalue weighted by Gasteiger charge is -2.09. The number of carbonyl (C=O) groups excluding carboxylic acids is 1. The molecule has 7 heteroatoms. The fourth-order valence-corrected chi connectivity index (χ4v) is 3.04. The molecule has 1 heterocycles. The van der Waals surface area contributed by atoms with Crippen LogP contribution in [-0.2, 0) is 11.2 Å². The lowest BCUT2D eigenvalue weighted by atomic mass is 10.1. The van der Waals surface area contributed by atoms with E-state index in [1.807, 2.05) is 24.3 Å². The van der Waals surface area contributed by atoms with Crippen molar-refractivity contribution in [3.63, 3.8) is 0 Å². The molecule has 0 bridgehead atoms. The number of amidine groups is 1. The van der Waals surface area contributed by atoms with Gasteiger partial charge in [-0.2, -0.15) is 0 Å². The first-order valence-electron chi connectivity index (χ1n) is 7.82. The van der Waals surface area contributed by atoms with Crippen molar-refractivity contribution in [2.24, 2.45) is 10.7 Å². The Hall–Kier alpha value is -2.24. The molecule has 2 aromatic carbocycles. The van der Waals surface area contributed by atoms with Crippen molar-refractivity contribution in [1.29, 1.82) is 0 Å². The van der Waals surface area contributed by atoms with Crippen LogP contribution in [0.3, 0.4) is 0 Å². The van der Waals surface area contributed by atoms with E-state index in [0.717, 1.165) is 18.4 Å². The number of benzene rings is 2. The van der Waals surface area contributed by atoms with E-state index in [4.69, 9.17) is 33.7 Å². The van der Waals surface area contributed by atoms with Crippen LogP contribution >= 0.6 is 23.2 Å². The number of aryl methyl sites for hydroxylation is 1. The van der Waals surface area contributed by atoms with Crippen molar-refractivity contribution < 1.29 is 9.53 Å². The molecule has 0 aliphatic carbocycles. The van der Waals surface area contributed by atoms with Crippen LogP contribution < -0.4 is 11.1 Å². The molecular weight excluding hydrogens is 361 g/mol. The highest BCUT2D eigenvalue weighted by atomic mass is 35.5. The molecule has 130 valence electrons. The fourth-order valence-electron chi connectivity index (χ4n) is 2.54. The lowest BCUT2D eigenvalue weighted by Crippen LogP contribution is -2.12. The fraction of sp³-hybridized carbons (Fsp3) is 0.222. The van der Waals surface area contributed by atoms with Gasteiger partial charge in [0, 0.05) is 10.7 Å². The summed E-state index contributed by atoms with van der Waals surface area (Å²) in [6.07, 6.45) is 1.73. The molecule has 5 nitrogen and oxygen atoms in total. The van der Waals surface area contributed by atoms with Crippen LogP contribution in [0.15, 0.2) is 47.5 Å². The number of anilines is 1. The Morgan fingerprint density at radius 3 is 2.64 bits per heavy atom. The van der Waals surface area contributed by atoms with Crippen molar-refractivity contribution in [2.75, 3.05) is 11.9 Å². The normalized spacial score (nSPS) is 16.2. The van der Waals surface area contributed by atoms with Gasteiger partial charge in [0.05, 0.1) is 16.6 Å². The molecule has 3 N–H and O–H groups in total. The quantitative estimate of drug-likeness (QED) is 0.829. The molecule has 2 aromatic rings.